The lowest BCUT2D eigenvalue weighted by Gasteiger charge is -2.53. The summed E-state index contributed by atoms with van der Waals surface area (Å²) in [6, 6.07) is 0.935. The smallest absolute Gasteiger partial charge is 0.450 e. The van der Waals surface area contributed by atoms with Gasteiger partial charge in [-0.25, -0.2) is 4.79 Å². The van der Waals surface area contributed by atoms with Crippen LogP contribution >= 0.6 is 0 Å². The number of rotatable bonds is 7. The van der Waals surface area contributed by atoms with Crippen molar-refractivity contribution in [2.45, 2.75) is 94.2 Å². The highest BCUT2D eigenvalue weighted by atomic mass is 28.3. The third-order valence-corrected chi connectivity index (χ3v) is 9.41. The van der Waals surface area contributed by atoms with Gasteiger partial charge in [0.2, 0.25) is 0 Å². The molecule has 1 N–H and O–H groups in total. The van der Waals surface area contributed by atoms with E-state index in [4.69, 9.17) is 4.74 Å². The van der Waals surface area contributed by atoms with E-state index >= 15 is 0 Å². The van der Waals surface area contributed by atoms with Crippen molar-refractivity contribution < 1.29 is 32.2 Å². The van der Waals surface area contributed by atoms with E-state index in [1.807, 2.05) is 4.68 Å². The third-order valence-electron chi connectivity index (χ3n) is 7.71. The molecule has 1 saturated heterocycles. The van der Waals surface area contributed by atoms with Gasteiger partial charge in [-0.05, 0) is 51.0 Å². The van der Waals surface area contributed by atoms with E-state index in [-0.39, 0.29) is 42.6 Å². The minimum atomic E-state index is -4.70. The summed E-state index contributed by atoms with van der Waals surface area (Å²) >= 11 is 0. The lowest BCUT2D eigenvalue weighted by molar-refractivity contribution is -0.340. The Hall–Kier alpha value is -2.08. The number of ether oxygens (including phenoxy) is 2. The molecule has 3 saturated carbocycles. The van der Waals surface area contributed by atoms with Crippen LogP contribution < -0.4 is 5.32 Å². The highest BCUT2D eigenvalue weighted by molar-refractivity contribution is 6.76. The van der Waals surface area contributed by atoms with Crippen LogP contribution in [0.1, 0.15) is 55.3 Å². The topological polar surface area (TPSA) is 85.7 Å². The van der Waals surface area contributed by atoms with Crippen molar-refractivity contribution in [3.05, 3.63) is 18.0 Å². The SMILES string of the molecule is C[Si](C)(C)CCOC(=O)NC12CCC(n3cc(C(=O)N4CC[C@H](OC(F)(F)F)C4)cn3)(CC1)CC2. The second kappa shape index (κ2) is 9.42. The Morgan fingerprint density at radius 2 is 1.83 bits per heavy atom. The van der Waals surface area contributed by atoms with E-state index in [1.165, 1.54) is 11.1 Å². The van der Waals surface area contributed by atoms with Gasteiger partial charge in [0.05, 0.1) is 30.0 Å². The van der Waals surface area contributed by atoms with Crippen molar-refractivity contribution in [3.8, 4) is 0 Å². The second-order valence-corrected chi connectivity index (χ2v) is 17.1. The van der Waals surface area contributed by atoms with E-state index in [2.05, 4.69) is 34.8 Å². The van der Waals surface area contributed by atoms with Crippen LogP contribution in [-0.4, -0.2) is 72.5 Å². The Balaban J connectivity index is 1.31. The molecule has 3 aliphatic carbocycles. The second-order valence-electron chi connectivity index (χ2n) is 11.5. The van der Waals surface area contributed by atoms with Gasteiger partial charge in [0.1, 0.15) is 0 Å². The quantitative estimate of drug-likeness (QED) is 0.540. The van der Waals surface area contributed by atoms with E-state index in [0.29, 0.717) is 12.2 Å². The number of hydrogen-bond donors (Lipinski definition) is 1. The number of aromatic nitrogens is 2. The molecule has 1 atom stereocenters. The largest absolute Gasteiger partial charge is 0.522 e. The number of carbonyl (C=O) groups excluding carboxylic acids is 2. The van der Waals surface area contributed by atoms with E-state index in [9.17, 15) is 22.8 Å². The number of fused-ring (bicyclic) bond motifs is 3. The summed E-state index contributed by atoms with van der Waals surface area (Å²) in [5, 5.41) is 7.60. The lowest BCUT2D eigenvalue weighted by Crippen LogP contribution is -2.59. The molecule has 2 heterocycles. The summed E-state index contributed by atoms with van der Waals surface area (Å²) in [6.45, 7) is 7.31. The number of likely N-dealkylation sites (tertiary alicyclic amines) is 1. The Bertz CT molecular complexity index is 921. The Morgan fingerprint density at radius 3 is 2.43 bits per heavy atom. The summed E-state index contributed by atoms with van der Waals surface area (Å²) < 4.78 is 48.8. The fourth-order valence-electron chi connectivity index (χ4n) is 5.47. The molecule has 196 valence electrons. The molecule has 8 nitrogen and oxygen atoms in total. The van der Waals surface area contributed by atoms with Crippen molar-refractivity contribution in [1.82, 2.24) is 20.0 Å². The van der Waals surface area contributed by atoms with E-state index < -0.39 is 20.5 Å². The molecule has 12 heteroatoms. The summed E-state index contributed by atoms with van der Waals surface area (Å²) in [4.78, 5) is 26.6. The molecular formula is C23H35F3N4O4Si. The molecule has 1 aromatic heterocycles. The average Bonchev–Trinajstić information content (AvgIpc) is 3.42. The maximum Gasteiger partial charge on any atom is 0.522 e. The summed E-state index contributed by atoms with van der Waals surface area (Å²) in [6.07, 6.45) is 2.18. The molecule has 4 aliphatic rings. The predicted octanol–water partition coefficient (Wildman–Crippen LogP) is 4.50. The molecule has 5 rings (SSSR count). The van der Waals surface area contributed by atoms with Gasteiger partial charge in [0, 0.05) is 32.9 Å². The molecular weight excluding hydrogens is 481 g/mol. The fourth-order valence-corrected chi connectivity index (χ4v) is 6.19. The first-order valence-corrected chi connectivity index (χ1v) is 16.0. The monoisotopic (exact) mass is 516 g/mol. The summed E-state index contributed by atoms with van der Waals surface area (Å²) in [5.74, 6) is -0.329. The van der Waals surface area contributed by atoms with Crippen LogP contribution in [0.3, 0.4) is 0 Å². The normalized spacial score (nSPS) is 28.9. The molecule has 0 aromatic carbocycles. The van der Waals surface area contributed by atoms with Crippen LogP contribution in [0.2, 0.25) is 25.7 Å². The lowest BCUT2D eigenvalue weighted by atomic mass is 9.61. The number of halogens is 3. The number of alkyl halides is 3. The molecule has 1 aliphatic heterocycles. The highest BCUT2D eigenvalue weighted by Crippen LogP contribution is 2.50. The van der Waals surface area contributed by atoms with Crippen LogP contribution in [0.5, 0.6) is 0 Å². The maximum atomic E-state index is 12.9. The van der Waals surface area contributed by atoms with Crippen molar-refractivity contribution in [3.63, 3.8) is 0 Å². The van der Waals surface area contributed by atoms with Crippen molar-refractivity contribution in [1.29, 1.82) is 0 Å². The van der Waals surface area contributed by atoms with Crippen LogP contribution in [-0.2, 0) is 15.0 Å². The summed E-state index contributed by atoms with van der Waals surface area (Å²) in [5.41, 5.74) is -0.0951. The van der Waals surface area contributed by atoms with Gasteiger partial charge in [-0.1, -0.05) is 19.6 Å². The molecule has 0 spiro atoms. The molecule has 2 bridgehead atoms. The van der Waals surface area contributed by atoms with Crippen LogP contribution in [0.4, 0.5) is 18.0 Å². The van der Waals surface area contributed by atoms with Gasteiger partial charge < -0.3 is 15.0 Å². The number of alkyl carbamates (subject to hydrolysis) is 1. The number of hydrogen-bond acceptors (Lipinski definition) is 5. The van der Waals surface area contributed by atoms with Crippen LogP contribution in [0, 0.1) is 0 Å². The minimum Gasteiger partial charge on any atom is -0.450 e. The Kier molecular flexibility index (Phi) is 6.99. The fraction of sp³-hybridized carbons (Fsp3) is 0.783. The third kappa shape index (κ3) is 6.19. The molecule has 2 amide bonds. The molecule has 0 radical (unpaired) electrons. The molecule has 0 unspecified atom stereocenters. The Labute approximate surface area is 204 Å². The first-order chi connectivity index (χ1) is 16.3. The maximum absolute atomic E-state index is 12.9. The van der Waals surface area contributed by atoms with Crippen molar-refractivity contribution in [2.24, 2.45) is 0 Å². The number of nitrogens with one attached hydrogen (secondary N) is 1. The van der Waals surface area contributed by atoms with Crippen LogP contribution in [0.15, 0.2) is 12.4 Å². The molecule has 4 fully saturated rings. The zero-order valence-corrected chi connectivity index (χ0v) is 21.6. The Morgan fingerprint density at radius 1 is 1.17 bits per heavy atom. The van der Waals surface area contributed by atoms with Crippen molar-refractivity contribution in [2.75, 3.05) is 19.7 Å². The van der Waals surface area contributed by atoms with Gasteiger partial charge in [0.25, 0.3) is 5.91 Å². The number of carbonyl (C=O) groups is 2. The first kappa shape index (κ1) is 26.0. The minimum absolute atomic E-state index is 0.0864. The average molecular weight is 517 g/mol. The molecule has 1 aromatic rings. The van der Waals surface area contributed by atoms with Gasteiger partial charge in [-0.2, -0.15) is 5.10 Å². The van der Waals surface area contributed by atoms with E-state index in [1.54, 1.807) is 6.20 Å². The van der Waals surface area contributed by atoms with Gasteiger partial charge in [-0.15, -0.1) is 13.2 Å². The summed E-state index contributed by atoms with van der Waals surface area (Å²) in [7, 11) is -1.26. The van der Waals surface area contributed by atoms with Gasteiger partial charge in [0.15, 0.2) is 0 Å². The zero-order chi connectivity index (χ0) is 25.5. The van der Waals surface area contributed by atoms with Gasteiger partial charge >= 0.3 is 12.5 Å². The standard InChI is InChI=1S/C23H35F3N4O4Si/c1-35(2,3)13-12-33-20(32)28-21-5-8-22(9-6-21,10-7-21)30-15-17(14-27-30)19(31)29-11-4-18(16-29)34-23(24,25)26/h14-15,18H,4-13,16H2,1-3H3,(H,28,32)/t18-,21?,22?/m0/s1. The molecule has 35 heavy (non-hydrogen) atoms. The van der Waals surface area contributed by atoms with Gasteiger partial charge in [-0.3, -0.25) is 14.2 Å². The van der Waals surface area contributed by atoms with Crippen molar-refractivity contribution >= 4 is 20.1 Å². The number of nitrogens with zero attached hydrogens (tertiary/aromatic N) is 3. The predicted molar refractivity (Wildman–Crippen MR) is 125 cm³/mol. The highest BCUT2D eigenvalue weighted by Gasteiger charge is 2.51. The zero-order valence-electron chi connectivity index (χ0n) is 20.6. The first-order valence-electron chi connectivity index (χ1n) is 12.3. The van der Waals surface area contributed by atoms with E-state index in [0.717, 1.165) is 44.6 Å². The van der Waals surface area contributed by atoms with Crippen LogP contribution in [0.25, 0.3) is 0 Å². The number of amides is 2.